The predicted molar refractivity (Wildman–Crippen MR) is 150 cm³/mol. The van der Waals surface area contributed by atoms with Crippen LogP contribution in [0, 0.1) is 6.92 Å². The number of anilines is 1. The van der Waals surface area contributed by atoms with Crippen molar-refractivity contribution in [2.24, 2.45) is 0 Å². The minimum Gasteiger partial charge on any atom is -0.462 e. The Morgan fingerprint density at radius 1 is 1.30 bits per heavy atom. The molecule has 0 bridgehead atoms. The number of nitrogens with one attached hydrogen (secondary N) is 2. The average molecular weight is 597 g/mol. The van der Waals surface area contributed by atoms with Gasteiger partial charge in [0.2, 0.25) is 0 Å². The van der Waals surface area contributed by atoms with Crippen LogP contribution < -0.4 is 14.9 Å². The van der Waals surface area contributed by atoms with E-state index in [4.69, 9.17) is 30.3 Å². The number of halogens is 1. The van der Waals surface area contributed by atoms with Gasteiger partial charge in [-0.05, 0) is 58.6 Å². The van der Waals surface area contributed by atoms with Crippen LogP contribution in [0.1, 0.15) is 39.7 Å². The average Bonchev–Trinajstić information content (AvgIpc) is 3.40. The SMILES string of the molecule is CNc1nc(C)nc2c1ncn2[C@@H]1O[C@H](COP(=S)(N[C@H](C)C(=O)OC(C)C)Oc2ccccc2)[C@@H](O)[C@@]1(C)F. The molecular formula is C25H34FN6O6PS. The molecule has 12 nitrogen and oxygen atoms in total. The second kappa shape index (κ2) is 12.0. The normalized spacial score (nSPS) is 25.1. The van der Waals surface area contributed by atoms with Crippen LogP contribution in [0.5, 0.6) is 5.75 Å². The first-order chi connectivity index (χ1) is 18.8. The quantitative estimate of drug-likeness (QED) is 0.221. The number of aromatic nitrogens is 4. The van der Waals surface area contributed by atoms with Gasteiger partial charge in [-0.25, -0.2) is 24.4 Å². The van der Waals surface area contributed by atoms with Gasteiger partial charge in [0.15, 0.2) is 28.9 Å². The van der Waals surface area contributed by atoms with E-state index >= 15 is 4.39 Å². The number of esters is 1. The second-order valence-corrected chi connectivity index (χ2v) is 13.0. The van der Waals surface area contributed by atoms with Crippen molar-refractivity contribution in [1.29, 1.82) is 0 Å². The van der Waals surface area contributed by atoms with Gasteiger partial charge in [-0.3, -0.25) is 9.36 Å². The molecule has 1 unspecified atom stereocenters. The molecular weight excluding hydrogens is 562 g/mol. The fourth-order valence-corrected chi connectivity index (χ4v) is 6.65. The largest absolute Gasteiger partial charge is 0.462 e. The van der Waals surface area contributed by atoms with Crippen molar-refractivity contribution in [3.63, 3.8) is 0 Å². The molecule has 1 aliphatic rings. The zero-order chi connectivity index (χ0) is 29.2. The number of carbonyl (C=O) groups is 1. The van der Waals surface area contributed by atoms with Crippen molar-refractivity contribution in [2.45, 2.75) is 70.9 Å². The third-order valence-electron chi connectivity index (χ3n) is 6.17. The first-order valence-electron chi connectivity index (χ1n) is 12.7. The lowest BCUT2D eigenvalue weighted by Crippen LogP contribution is -2.41. The molecule has 2 aromatic heterocycles. The highest BCUT2D eigenvalue weighted by molar-refractivity contribution is 8.09. The first-order valence-corrected chi connectivity index (χ1v) is 15.4. The van der Waals surface area contributed by atoms with E-state index in [1.54, 1.807) is 59.0 Å². The van der Waals surface area contributed by atoms with Gasteiger partial charge >= 0.3 is 12.6 Å². The van der Waals surface area contributed by atoms with E-state index in [0.717, 1.165) is 0 Å². The molecule has 6 atom stereocenters. The second-order valence-electron chi connectivity index (χ2n) is 9.85. The Labute approximate surface area is 236 Å². The summed E-state index contributed by atoms with van der Waals surface area (Å²) < 4.78 is 40.7. The van der Waals surface area contributed by atoms with Gasteiger partial charge in [0, 0.05) is 7.05 Å². The topological polar surface area (TPSA) is 142 Å². The molecule has 0 spiro atoms. The van der Waals surface area contributed by atoms with Crippen LogP contribution in [0.25, 0.3) is 11.2 Å². The predicted octanol–water partition coefficient (Wildman–Crippen LogP) is 3.41. The van der Waals surface area contributed by atoms with Gasteiger partial charge in [-0.15, -0.1) is 0 Å². The Bertz CT molecular complexity index is 1390. The zero-order valence-corrected chi connectivity index (χ0v) is 24.8. The maximum Gasteiger partial charge on any atom is 0.323 e. The van der Waals surface area contributed by atoms with Crippen molar-refractivity contribution < 1.29 is 32.8 Å². The minimum absolute atomic E-state index is 0.329. The molecule has 3 aromatic rings. The first kappa shape index (κ1) is 30.2. The van der Waals surface area contributed by atoms with E-state index in [9.17, 15) is 9.90 Å². The summed E-state index contributed by atoms with van der Waals surface area (Å²) >= 11 is 5.72. The summed E-state index contributed by atoms with van der Waals surface area (Å²) in [6, 6.07) is 7.83. The number of fused-ring (bicyclic) bond motifs is 1. The van der Waals surface area contributed by atoms with Crippen LogP contribution in [0.3, 0.4) is 0 Å². The van der Waals surface area contributed by atoms with Crippen LogP contribution in [-0.2, 0) is 30.6 Å². The number of nitrogens with zero attached hydrogens (tertiary/aromatic N) is 4. The Kier molecular flexibility index (Phi) is 9.08. The summed E-state index contributed by atoms with van der Waals surface area (Å²) in [5, 5.41) is 16.8. The van der Waals surface area contributed by atoms with Crippen molar-refractivity contribution in [1.82, 2.24) is 24.6 Å². The molecule has 40 heavy (non-hydrogen) atoms. The number of aliphatic hydroxyl groups excluding tert-OH is 1. The smallest absolute Gasteiger partial charge is 0.323 e. The molecule has 0 amide bonds. The summed E-state index contributed by atoms with van der Waals surface area (Å²) in [4.78, 5) is 25.5. The number of hydrogen-bond donors (Lipinski definition) is 3. The number of para-hydroxylation sites is 1. The fraction of sp³-hybridized carbons (Fsp3) is 0.520. The molecule has 218 valence electrons. The van der Waals surface area contributed by atoms with Crippen LogP contribution in [0.4, 0.5) is 10.2 Å². The fourth-order valence-electron chi connectivity index (χ4n) is 4.23. The van der Waals surface area contributed by atoms with Gasteiger partial charge in [0.25, 0.3) is 0 Å². The van der Waals surface area contributed by atoms with Gasteiger partial charge in [0.1, 0.15) is 29.8 Å². The monoisotopic (exact) mass is 596 g/mol. The number of imidazole rings is 1. The number of rotatable bonds is 11. The van der Waals surface area contributed by atoms with Gasteiger partial charge in [-0.1, -0.05) is 18.2 Å². The van der Waals surface area contributed by atoms with E-state index in [1.807, 2.05) is 6.07 Å². The number of benzene rings is 1. The van der Waals surface area contributed by atoms with Crippen molar-refractivity contribution in [2.75, 3.05) is 19.0 Å². The Morgan fingerprint density at radius 3 is 2.65 bits per heavy atom. The summed E-state index contributed by atoms with van der Waals surface area (Å²) in [5.74, 6) is 0.801. The maximum atomic E-state index is 16.0. The molecule has 15 heteroatoms. The molecule has 1 saturated heterocycles. The summed E-state index contributed by atoms with van der Waals surface area (Å²) in [5.41, 5.74) is -1.47. The molecule has 1 aromatic carbocycles. The van der Waals surface area contributed by atoms with E-state index in [1.165, 1.54) is 17.8 Å². The molecule has 1 fully saturated rings. The number of alkyl halides is 1. The standard InChI is InChI=1S/C25H34FN6O6PS/c1-14(2)36-23(34)15(3)31-39(40,38-17-10-8-7-9-11-17)35-12-18-20(33)25(5,26)24(37-18)32-13-28-19-21(27-6)29-16(4)30-22(19)32/h7-11,13-15,18,20,24,33H,12H2,1-6H3,(H,31,40)(H,27,29,30)/t15-,18-,20-,24-,25-,39?/m1/s1. The van der Waals surface area contributed by atoms with E-state index in [2.05, 4.69) is 25.4 Å². The highest BCUT2D eigenvalue weighted by Gasteiger charge is 2.55. The summed E-state index contributed by atoms with van der Waals surface area (Å²) in [6.07, 6.45) is -2.94. The Morgan fingerprint density at radius 2 is 2.00 bits per heavy atom. The van der Waals surface area contributed by atoms with E-state index in [-0.39, 0.29) is 12.7 Å². The number of carbonyl (C=O) groups excluding carboxylic acids is 1. The molecule has 1 aliphatic heterocycles. The summed E-state index contributed by atoms with van der Waals surface area (Å²) in [7, 11) is 1.70. The van der Waals surface area contributed by atoms with Gasteiger partial charge in [-0.2, -0.15) is 0 Å². The molecule has 3 N–H and O–H groups in total. The minimum atomic E-state index is -3.43. The number of ether oxygens (including phenoxy) is 2. The van der Waals surface area contributed by atoms with Crippen molar-refractivity contribution in [3.8, 4) is 5.75 Å². The highest BCUT2D eigenvalue weighted by atomic mass is 32.5. The Balaban J connectivity index is 1.56. The lowest BCUT2D eigenvalue weighted by atomic mass is 9.98. The third-order valence-corrected chi connectivity index (χ3v) is 8.67. The van der Waals surface area contributed by atoms with Crippen LogP contribution >= 0.6 is 6.64 Å². The number of aliphatic hydroxyl groups is 1. The molecule has 0 aliphatic carbocycles. The third kappa shape index (κ3) is 6.42. The maximum absolute atomic E-state index is 16.0. The van der Waals surface area contributed by atoms with Crippen molar-refractivity contribution in [3.05, 3.63) is 42.5 Å². The molecule has 4 rings (SSSR count). The number of aryl methyl sites for hydroxylation is 1. The van der Waals surface area contributed by atoms with Crippen LogP contribution in [-0.4, -0.2) is 74.3 Å². The highest BCUT2D eigenvalue weighted by Crippen LogP contribution is 2.48. The van der Waals surface area contributed by atoms with E-state index < -0.39 is 42.8 Å². The summed E-state index contributed by atoms with van der Waals surface area (Å²) in [6.45, 7) is 4.22. The number of hydrogen-bond acceptors (Lipinski definition) is 11. The Hall–Kier alpha value is -2.74. The molecule has 0 radical (unpaired) electrons. The molecule has 3 heterocycles. The van der Waals surface area contributed by atoms with Crippen LogP contribution in [0.15, 0.2) is 36.7 Å². The van der Waals surface area contributed by atoms with E-state index in [0.29, 0.717) is 28.6 Å². The molecule has 0 saturated carbocycles. The van der Waals surface area contributed by atoms with Gasteiger partial charge < -0.3 is 28.9 Å². The lowest BCUT2D eigenvalue weighted by Gasteiger charge is -2.28. The van der Waals surface area contributed by atoms with Gasteiger partial charge in [0.05, 0.1) is 19.0 Å². The lowest BCUT2D eigenvalue weighted by molar-refractivity contribution is -0.149. The van der Waals surface area contributed by atoms with Crippen molar-refractivity contribution >= 4 is 41.4 Å². The zero-order valence-electron chi connectivity index (χ0n) is 23.1. The van der Waals surface area contributed by atoms with Crippen LogP contribution in [0.2, 0.25) is 0 Å².